The maximum absolute atomic E-state index is 15.1. The number of rotatable bonds is 7. The monoisotopic (exact) mass is 642 g/mol. The average Bonchev–Trinajstić information content (AvgIpc) is 3.57. The lowest BCUT2D eigenvalue weighted by Gasteiger charge is -2.34. The third kappa shape index (κ3) is 5.89. The molecule has 6 aromatic rings. The van der Waals surface area contributed by atoms with Crippen LogP contribution in [0.2, 0.25) is 0 Å². The first-order chi connectivity index (χ1) is 23.8. The number of carbonyl (C=O) groups excluding carboxylic acids is 1. The van der Waals surface area contributed by atoms with Crippen LogP contribution in [0, 0.1) is 0 Å². The van der Waals surface area contributed by atoms with E-state index < -0.39 is 7.92 Å². The molecule has 1 aliphatic heterocycles. The van der Waals surface area contributed by atoms with Gasteiger partial charge in [0.25, 0.3) is 5.91 Å². The highest BCUT2D eigenvalue weighted by Gasteiger charge is 2.43. The summed E-state index contributed by atoms with van der Waals surface area (Å²) in [6.07, 6.45) is 6.34. The third-order valence-corrected chi connectivity index (χ3v) is 13.0. The van der Waals surface area contributed by atoms with Gasteiger partial charge in [-0.25, -0.2) is 0 Å². The number of amides is 1. The van der Waals surface area contributed by atoms with E-state index in [4.69, 9.17) is 4.99 Å². The molecule has 3 atom stereocenters. The third-order valence-electron chi connectivity index (χ3n) is 9.94. The number of nitrogens with zero attached hydrogens (tertiary/aromatic N) is 2. The Labute approximate surface area is 284 Å². The Morgan fingerprint density at radius 2 is 1.21 bits per heavy atom. The van der Waals surface area contributed by atoms with E-state index in [9.17, 15) is 0 Å². The maximum Gasteiger partial charge on any atom is 0.260 e. The summed E-state index contributed by atoms with van der Waals surface area (Å²) >= 11 is 0. The van der Waals surface area contributed by atoms with Crippen LogP contribution < -0.4 is 10.6 Å². The second-order valence-electron chi connectivity index (χ2n) is 12.9. The topological polar surface area (TPSA) is 32.7 Å². The Kier molecular flexibility index (Phi) is 8.71. The molecular weight excluding hydrogens is 603 g/mol. The van der Waals surface area contributed by atoms with Gasteiger partial charge in [0.1, 0.15) is 11.9 Å². The van der Waals surface area contributed by atoms with Gasteiger partial charge in [-0.05, 0) is 71.1 Å². The van der Waals surface area contributed by atoms with Crippen molar-refractivity contribution >= 4 is 41.0 Å². The SMILES string of the molecule is O=C(c1ccc2ccccc2c1)N1C(c2ccccc2P(c2ccccc2)C2CCCCC2)=N[C@@H](c2ccccc2)[C@@H]1c1ccccc1. The molecule has 6 aromatic carbocycles. The smallest absolute Gasteiger partial charge is 0.260 e. The summed E-state index contributed by atoms with van der Waals surface area (Å²) in [5, 5.41) is 4.90. The Bertz CT molecular complexity index is 2050. The predicted octanol–water partition coefficient (Wildman–Crippen LogP) is 9.99. The Morgan fingerprint density at radius 3 is 1.94 bits per heavy atom. The number of hydrogen-bond donors (Lipinski definition) is 0. The zero-order chi connectivity index (χ0) is 32.3. The summed E-state index contributed by atoms with van der Waals surface area (Å²) in [6, 6.07) is 54.7. The van der Waals surface area contributed by atoms with Crippen molar-refractivity contribution < 1.29 is 4.79 Å². The lowest BCUT2D eigenvalue weighted by Crippen LogP contribution is -2.40. The van der Waals surface area contributed by atoms with E-state index in [1.165, 1.54) is 42.7 Å². The van der Waals surface area contributed by atoms with E-state index in [-0.39, 0.29) is 18.0 Å². The minimum absolute atomic E-state index is 0.0247. The Morgan fingerprint density at radius 1 is 0.604 bits per heavy atom. The minimum atomic E-state index is -0.678. The zero-order valence-corrected chi connectivity index (χ0v) is 27.9. The first-order valence-corrected chi connectivity index (χ1v) is 18.6. The van der Waals surface area contributed by atoms with Gasteiger partial charge in [0.2, 0.25) is 0 Å². The fourth-order valence-electron chi connectivity index (χ4n) is 7.66. The fourth-order valence-corrected chi connectivity index (χ4v) is 10.8. The van der Waals surface area contributed by atoms with E-state index in [0.29, 0.717) is 11.2 Å². The van der Waals surface area contributed by atoms with Crippen molar-refractivity contribution in [3.05, 3.63) is 180 Å². The summed E-state index contributed by atoms with van der Waals surface area (Å²) in [6.45, 7) is 0. The van der Waals surface area contributed by atoms with Gasteiger partial charge in [-0.1, -0.05) is 165 Å². The Balaban J connectivity index is 1.34. The minimum Gasteiger partial charge on any atom is -0.282 e. The summed E-state index contributed by atoms with van der Waals surface area (Å²) < 4.78 is 0. The Hall–Kier alpha value is -4.85. The van der Waals surface area contributed by atoms with Crippen molar-refractivity contribution in [3.63, 3.8) is 0 Å². The van der Waals surface area contributed by atoms with Crippen molar-refractivity contribution in [1.82, 2.24) is 4.90 Å². The van der Waals surface area contributed by atoms with Gasteiger partial charge in [-0.2, -0.15) is 0 Å². The van der Waals surface area contributed by atoms with Crippen LogP contribution in [0.3, 0.4) is 0 Å². The first-order valence-electron chi connectivity index (χ1n) is 17.2. The fraction of sp³-hybridized carbons (Fsp3) is 0.182. The van der Waals surface area contributed by atoms with Crippen molar-refractivity contribution in [3.8, 4) is 0 Å². The molecule has 1 saturated carbocycles. The number of aliphatic imine (C=N–C) groups is 1. The molecule has 1 heterocycles. The molecule has 0 saturated heterocycles. The second kappa shape index (κ2) is 13.7. The van der Waals surface area contributed by atoms with Gasteiger partial charge in [0.15, 0.2) is 0 Å². The highest BCUT2D eigenvalue weighted by Crippen LogP contribution is 2.49. The summed E-state index contributed by atoms with van der Waals surface area (Å²) in [7, 11) is -0.678. The van der Waals surface area contributed by atoms with Crippen molar-refractivity contribution in [2.24, 2.45) is 4.99 Å². The molecule has 4 heteroatoms. The normalized spacial score (nSPS) is 18.8. The molecule has 236 valence electrons. The first kappa shape index (κ1) is 30.5. The van der Waals surface area contributed by atoms with Crippen LogP contribution in [0.5, 0.6) is 0 Å². The standard InChI is InChI=1S/C44H39N2OP/c47-44(36-30-29-32-17-13-14-22-35(32)31-36)46-42(34-20-7-2-8-21-34)41(33-18-5-1-6-19-33)45-43(46)39-27-15-16-28-40(39)48(37-23-9-3-10-24-37)38-25-11-4-12-26-38/h1-3,5-10,13-24,27-31,38,41-42H,4,11-12,25-26H2/t41-,42-,48?/m0/s1. The summed E-state index contributed by atoms with van der Waals surface area (Å²) in [5.74, 6) is 0.744. The molecule has 1 unspecified atom stereocenters. The van der Waals surface area contributed by atoms with E-state index in [1.54, 1.807) is 0 Å². The molecule has 8 rings (SSSR count). The second-order valence-corrected chi connectivity index (χ2v) is 15.4. The van der Waals surface area contributed by atoms with E-state index in [0.717, 1.165) is 33.3 Å². The van der Waals surface area contributed by atoms with Gasteiger partial charge in [-0.3, -0.25) is 14.7 Å². The van der Waals surface area contributed by atoms with E-state index >= 15 is 4.79 Å². The maximum atomic E-state index is 15.1. The van der Waals surface area contributed by atoms with Crippen LogP contribution in [0.4, 0.5) is 0 Å². The molecule has 0 spiro atoms. The highest BCUT2D eigenvalue weighted by molar-refractivity contribution is 7.73. The molecule has 0 aromatic heterocycles. The van der Waals surface area contributed by atoms with E-state index in [2.05, 4.69) is 121 Å². The summed E-state index contributed by atoms with van der Waals surface area (Å²) in [5.41, 5.74) is 4.53. The number of benzene rings is 6. The van der Waals surface area contributed by atoms with Crippen LogP contribution in [0.15, 0.2) is 163 Å². The van der Waals surface area contributed by atoms with Crippen molar-refractivity contribution in [1.29, 1.82) is 0 Å². The molecule has 2 aliphatic rings. The molecule has 1 fully saturated rings. The molecule has 48 heavy (non-hydrogen) atoms. The lowest BCUT2D eigenvalue weighted by atomic mass is 9.93. The molecule has 0 radical (unpaired) electrons. The molecular formula is C44H39N2OP. The van der Waals surface area contributed by atoms with Gasteiger partial charge in [0, 0.05) is 11.1 Å². The van der Waals surface area contributed by atoms with Gasteiger partial charge >= 0.3 is 0 Å². The van der Waals surface area contributed by atoms with Crippen LogP contribution >= 0.6 is 7.92 Å². The zero-order valence-electron chi connectivity index (χ0n) is 27.0. The van der Waals surface area contributed by atoms with Crippen LogP contribution in [0.25, 0.3) is 10.8 Å². The van der Waals surface area contributed by atoms with Gasteiger partial charge in [-0.15, -0.1) is 0 Å². The highest BCUT2D eigenvalue weighted by atomic mass is 31.1. The largest absolute Gasteiger partial charge is 0.282 e. The molecule has 0 N–H and O–H groups in total. The van der Waals surface area contributed by atoms with E-state index in [1.807, 2.05) is 41.3 Å². The number of carbonyl (C=O) groups is 1. The number of amidine groups is 1. The molecule has 0 bridgehead atoms. The molecule has 1 aliphatic carbocycles. The quantitative estimate of drug-likeness (QED) is 0.160. The summed E-state index contributed by atoms with van der Waals surface area (Å²) in [4.78, 5) is 22.8. The van der Waals surface area contributed by atoms with Crippen molar-refractivity contribution in [2.45, 2.75) is 49.8 Å². The number of hydrogen-bond acceptors (Lipinski definition) is 2. The van der Waals surface area contributed by atoms with Crippen LogP contribution in [-0.2, 0) is 0 Å². The number of fused-ring (bicyclic) bond motifs is 1. The average molecular weight is 643 g/mol. The van der Waals surface area contributed by atoms with Gasteiger partial charge in [0.05, 0.1) is 6.04 Å². The van der Waals surface area contributed by atoms with Crippen LogP contribution in [0.1, 0.15) is 71.2 Å². The molecule has 3 nitrogen and oxygen atoms in total. The predicted molar refractivity (Wildman–Crippen MR) is 201 cm³/mol. The molecule has 1 amide bonds. The van der Waals surface area contributed by atoms with Gasteiger partial charge < -0.3 is 0 Å². The van der Waals surface area contributed by atoms with Crippen molar-refractivity contribution in [2.75, 3.05) is 0 Å². The lowest BCUT2D eigenvalue weighted by molar-refractivity contribution is 0.0805. The van der Waals surface area contributed by atoms with Crippen LogP contribution in [-0.4, -0.2) is 22.3 Å².